The first-order valence-corrected chi connectivity index (χ1v) is 9.75. The molecule has 2 aromatic rings. The zero-order valence-corrected chi connectivity index (χ0v) is 16.6. The number of hydrazine groups is 1. The van der Waals surface area contributed by atoms with Crippen LogP contribution < -0.4 is 27.0 Å². The van der Waals surface area contributed by atoms with Gasteiger partial charge in [-0.2, -0.15) is 0 Å². The fourth-order valence-electron chi connectivity index (χ4n) is 3.41. The molecule has 0 bridgehead atoms. The minimum absolute atomic E-state index is 0.0164. The predicted molar refractivity (Wildman–Crippen MR) is 110 cm³/mol. The van der Waals surface area contributed by atoms with Gasteiger partial charge in [-0.25, -0.2) is 0 Å². The molecule has 29 heavy (non-hydrogen) atoms. The number of benzene rings is 1. The van der Waals surface area contributed by atoms with E-state index in [0.29, 0.717) is 13.1 Å². The topological polar surface area (TPSA) is 104 Å². The van der Waals surface area contributed by atoms with Crippen molar-refractivity contribution in [1.29, 1.82) is 0 Å². The lowest BCUT2D eigenvalue weighted by Gasteiger charge is -2.18. The summed E-state index contributed by atoms with van der Waals surface area (Å²) < 4.78 is 1.25. The molecule has 2 unspecified atom stereocenters. The van der Waals surface area contributed by atoms with E-state index < -0.39 is 11.5 Å². The van der Waals surface area contributed by atoms with E-state index in [9.17, 15) is 14.4 Å². The molecule has 1 aromatic heterocycles. The summed E-state index contributed by atoms with van der Waals surface area (Å²) in [7, 11) is 0. The molecule has 1 aliphatic rings. The van der Waals surface area contributed by atoms with Crippen molar-refractivity contribution >= 4 is 11.8 Å². The smallest absolute Gasteiger partial charge is 0.263 e. The second-order valence-corrected chi connectivity index (χ2v) is 7.36. The van der Waals surface area contributed by atoms with E-state index in [2.05, 4.69) is 35.3 Å². The summed E-state index contributed by atoms with van der Waals surface area (Å²) in [5.41, 5.74) is 6.76. The molecule has 2 atom stereocenters. The molecule has 0 aliphatic carbocycles. The highest BCUT2D eigenvalue weighted by molar-refractivity contribution is 5.93. The largest absolute Gasteiger partial charge is 0.354 e. The standard InChI is InChI=1S/C21H27N5O3/c1-14-18(15(2)25-24-14)12-22-19(27)13-26-10-6-9-17(21(26)29)20(28)23-11-16-7-4-3-5-8-16/h3-10,14-15,18,24-25H,11-13H2,1-2H3,(H,22,27)(H,23,28). The number of nitrogens with one attached hydrogen (secondary N) is 4. The number of carbonyl (C=O) groups excluding carboxylic acids is 2. The van der Waals surface area contributed by atoms with Crippen molar-refractivity contribution in [2.45, 2.75) is 39.0 Å². The number of hydrogen-bond acceptors (Lipinski definition) is 5. The quantitative estimate of drug-likeness (QED) is 0.541. The highest BCUT2D eigenvalue weighted by atomic mass is 16.2. The van der Waals surface area contributed by atoms with Gasteiger partial charge in [0.25, 0.3) is 11.5 Å². The van der Waals surface area contributed by atoms with Crippen molar-refractivity contribution in [3.05, 3.63) is 70.1 Å². The van der Waals surface area contributed by atoms with Gasteiger partial charge in [0.2, 0.25) is 5.91 Å². The van der Waals surface area contributed by atoms with Crippen LogP contribution in [0.4, 0.5) is 0 Å². The first kappa shape index (κ1) is 20.8. The maximum atomic E-state index is 12.6. The van der Waals surface area contributed by atoms with Crippen LogP contribution in [0.5, 0.6) is 0 Å². The summed E-state index contributed by atoms with van der Waals surface area (Å²) in [5, 5.41) is 5.62. The first-order valence-electron chi connectivity index (χ1n) is 9.75. The van der Waals surface area contributed by atoms with Crippen LogP contribution >= 0.6 is 0 Å². The molecule has 1 aromatic carbocycles. The molecule has 2 amide bonds. The molecular weight excluding hydrogens is 370 g/mol. The van der Waals surface area contributed by atoms with Crippen molar-refractivity contribution in [3.63, 3.8) is 0 Å². The van der Waals surface area contributed by atoms with Gasteiger partial charge in [0, 0.05) is 37.3 Å². The Balaban J connectivity index is 1.58. The molecule has 3 rings (SSSR count). The van der Waals surface area contributed by atoms with E-state index in [1.807, 2.05) is 30.3 Å². The number of aromatic nitrogens is 1. The summed E-state index contributed by atoms with van der Waals surface area (Å²) in [6.45, 7) is 4.81. The van der Waals surface area contributed by atoms with Gasteiger partial charge in [-0.1, -0.05) is 30.3 Å². The van der Waals surface area contributed by atoms with Gasteiger partial charge in [-0.3, -0.25) is 25.2 Å². The van der Waals surface area contributed by atoms with Crippen LogP contribution in [0.1, 0.15) is 29.8 Å². The van der Waals surface area contributed by atoms with E-state index >= 15 is 0 Å². The van der Waals surface area contributed by atoms with Crippen molar-refractivity contribution in [3.8, 4) is 0 Å². The Kier molecular flexibility index (Phi) is 6.79. The summed E-state index contributed by atoms with van der Waals surface area (Å²) in [6, 6.07) is 13.0. The molecule has 0 saturated carbocycles. The molecule has 1 fully saturated rings. The Morgan fingerprint density at radius 1 is 1.00 bits per heavy atom. The highest BCUT2D eigenvalue weighted by Gasteiger charge is 2.29. The van der Waals surface area contributed by atoms with E-state index in [0.717, 1.165) is 5.56 Å². The Hall–Kier alpha value is -2.97. The summed E-state index contributed by atoms with van der Waals surface area (Å²) in [6.07, 6.45) is 1.51. The van der Waals surface area contributed by atoms with Crippen molar-refractivity contribution in [2.24, 2.45) is 5.92 Å². The fraction of sp³-hybridized carbons (Fsp3) is 0.381. The zero-order chi connectivity index (χ0) is 20.8. The first-order chi connectivity index (χ1) is 14.0. The summed E-state index contributed by atoms with van der Waals surface area (Å²) >= 11 is 0. The summed E-state index contributed by atoms with van der Waals surface area (Å²) in [5.74, 6) is -0.467. The number of amides is 2. The van der Waals surface area contributed by atoms with Crippen LogP contribution in [0.15, 0.2) is 53.5 Å². The third-order valence-electron chi connectivity index (χ3n) is 5.23. The second kappa shape index (κ2) is 9.49. The number of rotatable bonds is 7. The van der Waals surface area contributed by atoms with Gasteiger partial charge in [-0.05, 0) is 31.5 Å². The molecule has 8 nitrogen and oxygen atoms in total. The van der Waals surface area contributed by atoms with Crippen LogP contribution in [-0.2, 0) is 17.9 Å². The van der Waals surface area contributed by atoms with Gasteiger partial charge in [0.05, 0.1) is 0 Å². The Bertz CT molecular complexity index is 902. The molecule has 8 heteroatoms. The summed E-state index contributed by atoms with van der Waals surface area (Å²) in [4.78, 5) is 37.3. The van der Waals surface area contributed by atoms with Crippen LogP contribution in [0.2, 0.25) is 0 Å². The minimum atomic E-state index is -0.487. The average molecular weight is 397 g/mol. The van der Waals surface area contributed by atoms with Gasteiger partial charge in [0.15, 0.2) is 0 Å². The van der Waals surface area contributed by atoms with E-state index in [1.165, 1.54) is 16.8 Å². The van der Waals surface area contributed by atoms with E-state index in [1.54, 1.807) is 6.07 Å². The average Bonchev–Trinajstić information content (AvgIpc) is 3.04. The molecule has 2 heterocycles. The molecular formula is C21H27N5O3. The SMILES string of the molecule is CC1NNC(C)C1CNC(=O)Cn1cccc(C(=O)NCc2ccccc2)c1=O. The van der Waals surface area contributed by atoms with Gasteiger partial charge in [-0.15, -0.1) is 0 Å². The predicted octanol–water partition coefficient (Wildman–Crippen LogP) is 0.396. The number of carbonyl (C=O) groups is 2. The molecule has 0 spiro atoms. The van der Waals surface area contributed by atoms with Crippen molar-refractivity contribution in [2.75, 3.05) is 6.54 Å². The lowest BCUT2D eigenvalue weighted by atomic mass is 9.97. The van der Waals surface area contributed by atoms with Crippen molar-refractivity contribution < 1.29 is 9.59 Å². The van der Waals surface area contributed by atoms with Crippen LogP contribution in [-0.4, -0.2) is 35.0 Å². The lowest BCUT2D eigenvalue weighted by Crippen LogP contribution is -2.40. The lowest BCUT2D eigenvalue weighted by molar-refractivity contribution is -0.121. The van der Waals surface area contributed by atoms with Crippen LogP contribution in [0.3, 0.4) is 0 Å². The Morgan fingerprint density at radius 3 is 2.38 bits per heavy atom. The maximum absolute atomic E-state index is 12.6. The number of nitrogens with zero attached hydrogens (tertiary/aromatic N) is 1. The molecule has 1 saturated heterocycles. The maximum Gasteiger partial charge on any atom is 0.263 e. The number of hydrogen-bond donors (Lipinski definition) is 4. The highest BCUT2D eigenvalue weighted by Crippen LogP contribution is 2.12. The van der Waals surface area contributed by atoms with Crippen molar-refractivity contribution in [1.82, 2.24) is 26.1 Å². The molecule has 0 radical (unpaired) electrons. The molecule has 154 valence electrons. The normalized spacial score (nSPS) is 21.0. The van der Waals surface area contributed by atoms with Gasteiger partial charge >= 0.3 is 0 Å². The van der Waals surface area contributed by atoms with E-state index in [4.69, 9.17) is 0 Å². The monoisotopic (exact) mass is 397 g/mol. The third-order valence-corrected chi connectivity index (χ3v) is 5.23. The van der Waals surface area contributed by atoms with E-state index in [-0.39, 0.29) is 36.0 Å². The van der Waals surface area contributed by atoms with Crippen LogP contribution in [0, 0.1) is 5.92 Å². The fourth-order valence-corrected chi connectivity index (χ4v) is 3.41. The Morgan fingerprint density at radius 2 is 1.69 bits per heavy atom. The second-order valence-electron chi connectivity index (χ2n) is 7.36. The van der Waals surface area contributed by atoms with Gasteiger partial charge in [0.1, 0.15) is 12.1 Å². The third kappa shape index (κ3) is 5.30. The minimum Gasteiger partial charge on any atom is -0.354 e. The zero-order valence-electron chi connectivity index (χ0n) is 16.6. The number of pyridine rings is 1. The molecule has 1 aliphatic heterocycles. The van der Waals surface area contributed by atoms with Gasteiger partial charge < -0.3 is 15.2 Å². The molecule has 4 N–H and O–H groups in total. The Labute approximate surface area is 169 Å². The van der Waals surface area contributed by atoms with Crippen LogP contribution in [0.25, 0.3) is 0 Å².